The van der Waals surface area contributed by atoms with Crippen molar-refractivity contribution in [2.75, 3.05) is 51.5 Å². The van der Waals surface area contributed by atoms with E-state index < -0.39 is 0 Å². The molecule has 0 saturated heterocycles. The number of esters is 1. The summed E-state index contributed by atoms with van der Waals surface area (Å²) in [6.45, 7) is 3.98. The number of rotatable bonds is 6. The predicted octanol–water partition coefficient (Wildman–Crippen LogP) is 1.50. The highest BCUT2D eigenvalue weighted by Crippen LogP contribution is 2.31. The molecule has 0 radical (unpaired) electrons. The molecule has 2 N–H and O–H groups in total. The van der Waals surface area contributed by atoms with E-state index in [4.69, 9.17) is 10.5 Å². The van der Waals surface area contributed by atoms with Crippen LogP contribution in [0.1, 0.15) is 16.6 Å². The first-order valence-electron chi connectivity index (χ1n) is 5.88. The average molecular weight is 271 g/mol. The molecule has 0 aliphatic heterocycles. The van der Waals surface area contributed by atoms with Gasteiger partial charge in [0.15, 0.2) is 0 Å². The Morgan fingerprint density at radius 3 is 2.61 bits per heavy atom. The quantitative estimate of drug-likeness (QED) is 0.795. The second-order valence-electron chi connectivity index (χ2n) is 4.31. The molecule has 0 atom stereocenters. The number of ether oxygens (including phenoxy) is 1. The van der Waals surface area contributed by atoms with Gasteiger partial charge in [-0.15, -0.1) is 11.3 Å². The SMILES string of the molecule is CCOC(=O)c1sc(N(C)CCN(C)C)cc1N. The van der Waals surface area contributed by atoms with Gasteiger partial charge in [0.1, 0.15) is 4.88 Å². The summed E-state index contributed by atoms with van der Waals surface area (Å²) in [5.41, 5.74) is 6.33. The minimum absolute atomic E-state index is 0.341. The van der Waals surface area contributed by atoms with Crippen LogP contribution in [0.2, 0.25) is 0 Å². The van der Waals surface area contributed by atoms with Gasteiger partial charge in [0.2, 0.25) is 0 Å². The first-order valence-corrected chi connectivity index (χ1v) is 6.69. The number of likely N-dealkylation sites (N-methyl/N-ethyl adjacent to an activating group) is 2. The van der Waals surface area contributed by atoms with Gasteiger partial charge < -0.3 is 20.3 Å². The summed E-state index contributed by atoms with van der Waals surface area (Å²) in [6, 6.07) is 1.83. The van der Waals surface area contributed by atoms with Gasteiger partial charge in [-0.3, -0.25) is 0 Å². The Hall–Kier alpha value is -1.27. The number of carbonyl (C=O) groups is 1. The average Bonchev–Trinajstić information content (AvgIpc) is 2.68. The highest BCUT2D eigenvalue weighted by molar-refractivity contribution is 7.18. The van der Waals surface area contributed by atoms with Crippen molar-refractivity contribution < 1.29 is 9.53 Å². The van der Waals surface area contributed by atoms with Crippen LogP contribution in [-0.4, -0.2) is 51.7 Å². The normalized spacial score (nSPS) is 10.7. The van der Waals surface area contributed by atoms with E-state index in [9.17, 15) is 4.79 Å². The molecule has 1 aromatic rings. The summed E-state index contributed by atoms with van der Waals surface area (Å²) in [5, 5.41) is 0.984. The zero-order chi connectivity index (χ0) is 13.7. The summed E-state index contributed by atoms with van der Waals surface area (Å²) in [5.74, 6) is -0.341. The Morgan fingerprint density at radius 1 is 1.39 bits per heavy atom. The Labute approximate surface area is 112 Å². The molecule has 0 saturated carbocycles. The van der Waals surface area contributed by atoms with Gasteiger partial charge in [-0.25, -0.2) is 4.79 Å². The monoisotopic (exact) mass is 271 g/mol. The van der Waals surface area contributed by atoms with Gasteiger partial charge in [0.05, 0.1) is 17.3 Å². The summed E-state index contributed by atoms with van der Waals surface area (Å²) < 4.78 is 4.96. The lowest BCUT2D eigenvalue weighted by Gasteiger charge is -2.19. The number of nitrogens with two attached hydrogens (primary N) is 1. The molecule has 102 valence electrons. The van der Waals surface area contributed by atoms with E-state index in [1.807, 2.05) is 27.2 Å². The van der Waals surface area contributed by atoms with Crippen molar-refractivity contribution in [3.63, 3.8) is 0 Å². The molecule has 0 unspecified atom stereocenters. The van der Waals surface area contributed by atoms with Crippen molar-refractivity contribution in [1.29, 1.82) is 0 Å². The number of hydrogen-bond donors (Lipinski definition) is 1. The van der Waals surface area contributed by atoms with E-state index >= 15 is 0 Å². The van der Waals surface area contributed by atoms with Gasteiger partial charge >= 0.3 is 5.97 Å². The molecule has 0 aromatic carbocycles. The van der Waals surface area contributed by atoms with E-state index in [1.165, 1.54) is 11.3 Å². The Bertz CT molecular complexity index is 404. The van der Waals surface area contributed by atoms with Crippen molar-refractivity contribution in [3.05, 3.63) is 10.9 Å². The Morgan fingerprint density at radius 2 is 2.06 bits per heavy atom. The third-order valence-corrected chi connectivity index (χ3v) is 3.71. The molecule has 6 heteroatoms. The molecule has 18 heavy (non-hydrogen) atoms. The Kier molecular flexibility index (Phi) is 5.43. The predicted molar refractivity (Wildman–Crippen MR) is 76.5 cm³/mol. The molecule has 1 aromatic heterocycles. The minimum Gasteiger partial charge on any atom is -0.462 e. The fourth-order valence-electron chi connectivity index (χ4n) is 1.40. The van der Waals surface area contributed by atoms with Crippen molar-refractivity contribution in [3.8, 4) is 0 Å². The van der Waals surface area contributed by atoms with E-state index in [2.05, 4.69) is 9.80 Å². The van der Waals surface area contributed by atoms with E-state index in [1.54, 1.807) is 6.92 Å². The molecule has 0 aliphatic carbocycles. The number of hydrogen-bond acceptors (Lipinski definition) is 6. The van der Waals surface area contributed by atoms with Crippen LogP contribution in [-0.2, 0) is 4.74 Å². The molecular weight excluding hydrogens is 250 g/mol. The van der Waals surface area contributed by atoms with Crippen LogP contribution < -0.4 is 10.6 Å². The topological polar surface area (TPSA) is 58.8 Å². The number of nitrogens with zero attached hydrogens (tertiary/aromatic N) is 2. The first-order chi connectivity index (χ1) is 8.45. The van der Waals surface area contributed by atoms with E-state index in [0.717, 1.165) is 18.1 Å². The molecule has 1 heterocycles. The molecule has 0 bridgehead atoms. The standard InChI is InChI=1S/C12H21N3O2S/c1-5-17-12(16)11-9(13)8-10(18-11)15(4)7-6-14(2)3/h8H,5-7,13H2,1-4H3. The first kappa shape index (κ1) is 14.8. The third-order valence-electron chi connectivity index (χ3n) is 2.47. The number of carbonyl (C=O) groups excluding carboxylic acids is 1. The molecule has 0 fully saturated rings. The molecule has 0 spiro atoms. The minimum atomic E-state index is -0.341. The molecule has 1 rings (SSSR count). The smallest absolute Gasteiger partial charge is 0.350 e. The van der Waals surface area contributed by atoms with Crippen LogP contribution in [0.5, 0.6) is 0 Å². The van der Waals surface area contributed by atoms with Gasteiger partial charge in [-0.05, 0) is 27.1 Å². The van der Waals surface area contributed by atoms with Gasteiger partial charge in [0.25, 0.3) is 0 Å². The van der Waals surface area contributed by atoms with Gasteiger partial charge in [-0.1, -0.05) is 0 Å². The molecule has 0 amide bonds. The number of anilines is 2. The third kappa shape index (κ3) is 3.89. The van der Waals surface area contributed by atoms with Crippen LogP contribution in [0.25, 0.3) is 0 Å². The van der Waals surface area contributed by atoms with Crippen LogP contribution >= 0.6 is 11.3 Å². The van der Waals surface area contributed by atoms with Crippen molar-refractivity contribution >= 4 is 28.0 Å². The lowest BCUT2D eigenvalue weighted by Crippen LogP contribution is -2.27. The summed E-state index contributed by atoms with van der Waals surface area (Å²) in [6.07, 6.45) is 0. The summed E-state index contributed by atoms with van der Waals surface area (Å²) >= 11 is 1.38. The second-order valence-corrected chi connectivity index (χ2v) is 5.35. The lowest BCUT2D eigenvalue weighted by molar-refractivity contribution is 0.0533. The molecule has 0 aliphatic rings. The van der Waals surface area contributed by atoms with Gasteiger partial charge in [0, 0.05) is 20.1 Å². The van der Waals surface area contributed by atoms with Crippen molar-refractivity contribution in [2.24, 2.45) is 0 Å². The fourth-order valence-corrected chi connectivity index (χ4v) is 2.36. The molecular formula is C12H21N3O2S. The lowest BCUT2D eigenvalue weighted by atomic mass is 10.4. The second kappa shape index (κ2) is 6.61. The van der Waals surface area contributed by atoms with Crippen molar-refractivity contribution in [1.82, 2.24) is 4.90 Å². The Balaban J connectivity index is 2.73. The van der Waals surface area contributed by atoms with Crippen LogP contribution in [0.3, 0.4) is 0 Å². The maximum atomic E-state index is 11.6. The maximum Gasteiger partial charge on any atom is 0.350 e. The molecule has 5 nitrogen and oxygen atoms in total. The number of thiophene rings is 1. The van der Waals surface area contributed by atoms with Crippen LogP contribution in [0.15, 0.2) is 6.07 Å². The van der Waals surface area contributed by atoms with E-state index in [0.29, 0.717) is 17.2 Å². The van der Waals surface area contributed by atoms with E-state index in [-0.39, 0.29) is 5.97 Å². The summed E-state index contributed by atoms with van der Waals surface area (Å²) in [7, 11) is 6.05. The highest BCUT2D eigenvalue weighted by Gasteiger charge is 2.17. The maximum absolute atomic E-state index is 11.6. The highest BCUT2D eigenvalue weighted by atomic mass is 32.1. The largest absolute Gasteiger partial charge is 0.462 e. The number of nitrogen functional groups attached to an aromatic ring is 1. The van der Waals surface area contributed by atoms with Gasteiger partial charge in [-0.2, -0.15) is 0 Å². The van der Waals surface area contributed by atoms with Crippen LogP contribution in [0.4, 0.5) is 10.7 Å². The zero-order valence-electron chi connectivity index (χ0n) is 11.4. The zero-order valence-corrected chi connectivity index (χ0v) is 12.2. The summed E-state index contributed by atoms with van der Waals surface area (Å²) in [4.78, 5) is 16.3. The van der Waals surface area contributed by atoms with Crippen LogP contribution in [0, 0.1) is 0 Å². The van der Waals surface area contributed by atoms with Crippen molar-refractivity contribution in [2.45, 2.75) is 6.92 Å². The fraction of sp³-hybridized carbons (Fsp3) is 0.583.